The van der Waals surface area contributed by atoms with Crippen LogP contribution in [0.3, 0.4) is 0 Å². The molecule has 2 N–H and O–H groups in total. The van der Waals surface area contributed by atoms with E-state index in [-0.39, 0.29) is 40.1 Å². The molecule has 0 atom stereocenters. The number of carbonyl (C=O) groups is 1. The number of carboxylic acid groups (broad SMARTS) is 1. The molecule has 0 aliphatic carbocycles. The van der Waals surface area contributed by atoms with E-state index in [1.165, 1.54) is 18.5 Å². The summed E-state index contributed by atoms with van der Waals surface area (Å²) in [6.45, 7) is -0.214. The quantitative estimate of drug-likeness (QED) is 0.531. The number of nitrogens with one attached hydrogen (secondary N) is 1. The number of aliphatic carboxylic acids is 1. The molecule has 0 fully saturated rings. The first-order valence-corrected chi connectivity index (χ1v) is 8.21. The Bertz CT molecular complexity index is 1310. The van der Waals surface area contributed by atoms with Gasteiger partial charge < -0.3 is 10.1 Å². The van der Waals surface area contributed by atoms with Crippen LogP contribution in [-0.2, 0) is 23.9 Å². The predicted octanol–water partition coefficient (Wildman–Crippen LogP) is 1.76. The van der Waals surface area contributed by atoms with Crippen molar-refractivity contribution in [1.29, 1.82) is 0 Å². The summed E-state index contributed by atoms with van der Waals surface area (Å²) < 4.78 is 39.6. The van der Waals surface area contributed by atoms with Crippen molar-refractivity contribution < 1.29 is 23.1 Å². The summed E-state index contributed by atoms with van der Waals surface area (Å²) in [6, 6.07) is 3.05. The van der Waals surface area contributed by atoms with E-state index in [0.717, 1.165) is 16.8 Å². The molecule has 0 aliphatic heterocycles. The van der Waals surface area contributed by atoms with Gasteiger partial charge in [-0.2, -0.15) is 18.3 Å². The van der Waals surface area contributed by atoms with Crippen molar-refractivity contribution in [2.75, 3.05) is 0 Å². The average Bonchev–Trinajstić information content (AvgIpc) is 3.06. The summed E-state index contributed by atoms with van der Waals surface area (Å²) in [7, 11) is 0. The van der Waals surface area contributed by atoms with Gasteiger partial charge in [-0.05, 0) is 18.2 Å². The SMILES string of the molecule is O=C(O)Cc1nn(Cc2nc3ccc(C(F)(F)F)cc3[nH]2)c(=O)c2nccnc12. The Morgan fingerprint density at radius 3 is 2.59 bits per heavy atom. The van der Waals surface area contributed by atoms with Gasteiger partial charge in [0, 0.05) is 12.4 Å². The van der Waals surface area contributed by atoms with Gasteiger partial charge >= 0.3 is 12.1 Å². The highest BCUT2D eigenvalue weighted by molar-refractivity contribution is 5.80. The molecule has 29 heavy (non-hydrogen) atoms. The Morgan fingerprint density at radius 2 is 1.90 bits per heavy atom. The summed E-state index contributed by atoms with van der Waals surface area (Å²) in [4.78, 5) is 38.6. The first kappa shape index (κ1) is 18.5. The highest BCUT2D eigenvalue weighted by Gasteiger charge is 2.30. The summed E-state index contributed by atoms with van der Waals surface area (Å²) >= 11 is 0. The van der Waals surface area contributed by atoms with E-state index in [2.05, 4.69) is 25.0 Å². The zero-order valence-electron chi connectivity index (χ0n) is 14.4. The number of halogens is 3. The lowest BCUT2D eigenvalue weighted by Crippen LogP contribution is -2.27. The minimum atomic E-state index is -4.50. The van der Waals surface area contributed by atoms with E-state index in [1.807, 2.05) is 0 Å². The van der Waals surface area contributed by atoms with Gasteiger partial charge in [-0.15, -0.1) is 0 Å². The lowest BCUT2D eigenvalue weighted by Gasteiger charge is -2.07. The number of benzene rings is 1. The second kappa shape index (κ2) is 6.65. The fourth-order valence-corrected chi connectivity index (χ4v) is 2.89. The van der Waals surface area contributed by atoms with Crippen molar-refractivity contribution in [3.63, 3.8) is 0 Å². The van der Waals surface area contributed by atoms with Gasteiger partial charge in [0.15, 0.2) is 5.52 Å². The smallest absolute Gasteiger partial charge is 0.416 e. The van der Waals surface area contributed by atoms with Crippen molar-refractivity contribution >= 4 is 28.0 Å². The Morgan fingerprint density at radius 1 is 1.17 bits per heavy atom. The second-order valence-corrected chi connectivity index (χ2v) is 6.15. The van der Waals surface area contributed by atoms with Crippen LogP contribution in [0.5, 0.6) is 0 Å². The van der Waals surface area contributed by atoms with E-state index in [1.54, 1.807) is 0 Å². The van der Waals surface area contributed by atoms with Gasteiger partial charge in [0.05, 0.1) is 23.0 Å². The number of fused-ring (bicyclic) bond motifs is 2. The van der Waals surface area contributed by atoms with Crippen LogP contribution in [0.2, 0.25) is 0 Å². The molecule has 0 unspecified atom stereocenters. The Kier molecular flexibility index (Phi) is 4.25. The largest absolute Gasteiger partial charge is 0.481 e. The Labute approximate surface area is 158 Å². The van der Waals surface area contributed by atoms with Crippen LogP contribution in [0.15, 0.2) is 35.4 Å². The van der Waals surface area contributed by atoms with Crippen LogP contribution in [0, 0.1) is 0 Å². The zero-order valence-corrected chi connectivity index (χ0v) is 14.4. The maximum atomic E-state index is 12.9. The summed E-state index contributed by atoms with van der Waals surface area (Å²) in [6.07, 6.45) is -2.37. The summed E-state index contributed by atoms with van der Waals surface area (Å²) in [5.74, 6) is -0.989. The van der Waals surface area contributed by atoms with Gasteiger partial charge in [-0.3, -0.25) is 14.6 Å². The van der Waals surface area contributed by atoms with Crippen molar-refractivity contribution in [2.24, 2.45) is 0 Å². The lowest BCUT2D eigenvalue weighted by molar-refractivity contribution is -0.138. The maximum Gasteiger partial charge on any atom is 0.416 e. The summed E-state index contributed by atoms with van der Waals surface area (Å²) in [5, 5.41) is 13.1. The molecule has 3 aromatic heterocycles. The normalized spacial score (nSPS) is 12.0. The Balaban J connectivity index is 1.78. The van der Waals surface area contributed by atoms with Crippen LogP contribution in [0.4, 0.5) is 13.2 Å². The number of aromatic nitrogens is 6. The molecule has 3 heterocycles. The highest BCUT2D eigenvalue weighted by atomic mass is 19.4. The molecule has 4 rings (SSSR count). The first-order valence-electron chi connectivity index (χ1n) is 8.21. The van der Waals surface area contributed by atoms with Crippen LogP contribution < -0.4 is 5.56 Å². The molecule has 4 aromatic rings. The molecule has 12 heteroatoms. The number of aromatic amines is 1. The number of alkyl halides is 3. The molecule has 1 aromatic carbocycles. The standard InChI is InChI=1S/C17H11F3N6O3/c18-17(19,20)8-1-2-9-10(5-8)24-12(23-9)7-26-16(29)15-14(21-3-4-22-15)11(25-26)6-13(27)28/h1-5H,6-7H2,(H,23,24)(H,27,28). The van der Waals surface area contributed by atoms with Crippen molar-refractivity contribution in [3.05, 3.63) is 58.0 Å². The van der Waals surface area contributed by atoms with E-state index in [0.29, 0.717) is 0 Å². The van der Waals surface area contributed by atoms with E-state index in [4.69, 9.17) is 5.11 Å². The number of nitrogens with zero attached hydrogens (tertiary/aromatic N) is 5. The van der Waals surface area contributed by atoms with E-state index < -0.39 is 29.7 Å². The Hall–Kier alpha value is -3.83. The number of carboxylic acids is 1. The zero-order chi connectivity index (χ0) is 20.8. The van der Waals surface area contributed by atoms with E-state index >= 15 is 0 Å². The number of hydrogen-bond acceptors (Lipinski definition) is 6. The molecule has 0 radical (unpaired) electrons. The summed E-state index contributed by atoms with van der Waals surface area (Å²) in [5.41, 5.74) is -0.971. The van der Waals surface area contributed by atoms with Crippen LogP contribution >= 0.6 is 0 Å². The number of hydrogen-bond donors (Lipinski definition) is 2. The van der Waals surface area contributed by atoms with E-state index in [9.17, 15) is 22.8 Å². The molecule has 0 saturated heterocycles. The highest BCUT2D eigenvalue weighted by Crippen LogP contribution is 2.30. The van der Waals surface area contributed by atoms with Crippen LogP contribution in [-0.4, -0.2) is 40.8 Å². The van der Waals surface area contributed by atoms with Gasteiger partial charge in [0.1, 0.15) is 23.6 Å². The number of rotatable bonds is 4. The predicted molar refractivity (Wildman–Crippen MR) is 93.1 cm³/mol. The van der Waals surface area contributed by atoms with Crippen molar-refractivity contribution in [1.82, 2.24) is 29.7 Å². The third-order valence-corrected chi connectivity index (χ3v) is 4.13. The molecule has 9 nitrogen and oxygen atoms in total. The molecule has 0 aliphatic rings. The van der Waals surface area contributed by atoms with Crippen molar-refractivity contribution in [3.8, 4) is 0 Å². The lowest BCUT2D eigenvalue weighted by atomic mass is 10.2. The third-order valence-electron chi connectivity index (χ3n) is 4.13. The van der Waals surface area contributed by atoms with Gasteiger partial charge in [-0.1, -0.05) is 0 Å². The van der Waals surface area contributed by atoms with Crippen LogP contribution in [0.1, 0.15) is 17.1 Å². The maximum absolute atomic E-state index is 12.9. The number of imidazole rings is 1. The minimum Gasteiger partial charge on any atom is -0.481 e. The topological polar surface area (TPSA) is 127 Å². The van der Waals surface area contributed by atoms with Crippen LogP contribution in [0.25, 0.3) is 22.1 Å². The third kappa shape index (κ3) is 3.51. The molecule has 0 bridgehead atoms. The minimum absolute atomic E-state index is 0.0377. The fraction of sp³-hybridized carbons (Fsp3) is 0.176. The van der Waals surface area contributed by atoms with Crippen molar-refractivity contribution in [2.45, 2.75) is 19.1 Å². The monoisotopic (exact) mass is 404 g/mol. The average molecular weight is 404 g/mol. The molecule has 0 spiro atoms. The molecule has 0 amide bonds. The number of H-pyrrole nitrogens is 1. The molecule has 148 valence electrons. The second-order valence-electron chi connectivity index (χ2n) is 6.15. The first-order chi connectivity index (χ1) is 13.7. The molecule has 0 saturated carbocycles. The molecular weight excluding hydrogens is 393 g/mol. The van der Waals surface area contributed by atoms with Gasteiger partial charge in [-0.25, -0.2) is 14.6 Å². The molecular formula is C17H11F3N6O3. The van der Waals surface area contributed by atoms with Gasteiger partial charge in [0.25, 0.3) is 5.56 Å². The van der Waals surface area contributed by atoms with Gasteiger partial charge in [0.2, 0.25) is 0 Å². The fourth-order valence-electron chi connectivity index (χ4n) is 2.89.